The third kappa shape index (κ3) is 6.58. The molecule has 2 atom stereocenters. The summed E-state index contributed by atoms with van der Waals surface area (Å²) in [5.74, 6) is 0.950. The zero-order valence-electron chi connectivity index (χ0n) is 25.2. The van der Waals surface area contributed by atoms with Crippen LogP contribution in [0.4, 0.5) is 4.79 Å². The maximum absolute atomic E-state index is 14.2. The molecule has 11 heteroatoms. The molecule has 11 nitrogen and oxygen atoms in total. The highest BCUT2D eigenvalue weighted by Gasteiger charge is 2.51. The van der Waals surface area contributed by atoms with Crippen molar-refractivity contribution >= 4 is 17.8 Å². The van der Waals surface area contributed by atoms with Crippen LogP contribution in [0.25, 0.3) is 0 Å². The molecule has 0 saturated carbocycles. The molecule has 45 heavy (non-hydrogen) atoms. The van der Waals surface area contributed by atoms with Crippen LogP contribution < -0.4 is 14.8 Å². The monoisotopic (exact) mass is 611 g/mol. The van der Waals surface area contributed by atoms with E-state index < -0.39 is 12.2 Å². The van der Waals surface area contributed by atoms with Gasteiger partial charge in [0, 0.05) is 26.1 Å². The highest BCUT2D eigenvalue weighted by atomic mass is 16.6. The van der Waals surface area contributed by atoms with Crippen LogP contribution in [0.15, 0.2) is 84.9 Å². The molecule has 0 spiro atoms. The van der Waals surface area contributed by atoms with Crippen molar-refractivity contribution in [2.24, 2.45) is 0 Å². The van der Waals surface area contributed by atoms with Gasteiger partial charge in [0.1, 0.15) is 31.2 Å². The summed E-state index contributed by atoms with van der Waals surface area (Å²) in [4.78, 5) is 45.3. The Morgan fingerprint density at radius 2 is 1.69 bits per heavy atom. The number of hydrogen-bond donors (Lipinski definition) is 2. The van der Waals surface area contributed by atoms with E-state index in [9.17, 15) is 19.5 Å². The van der Waals surface area contributed by atoms with E-state index in [4.69, 9.17) is 9.47 Å². The van der Waals surface area contributed by atoms with Gasteiger partial charge in [-0.3, -0.25) is 9.59 Å². The molecule has 3 aromatic rings. The number of urea groups is 1. The van der Waals surface area contributed by atoms with Crippen molar-refractivity contribution < 1.29 is 29.0 Å². The van der Waals surface area contributed by atoms with Crippen LogP contribution in [0, 0.1) is 0 Å². The van der Waals surface area contributed by atoms with E-state index >= 15 is 0 Å². The Morgan fingerprint density at radius 1 is 0.956 bits per heavy atom. The summed E-state index contributed by atoms with van der Waals surface area (Å²) in [7, 11) is 0. The van der Waals surface area contributed by atoms with Crippen molar-refractivity contribution in [3.8, 4) is 17.2 Å². The van der Waals surface area contributed by atoms with E-state index in [2.05, 4.69) is 5.32 Å². The van der Waals surface area contributed by atoms with Gasteiger partial charge in [0.15, 0.2) is 11.5 Å². The minimum absolute atomic E-state index is 0.0544. The molecule has 6 rings (SSSR count). The lowest BCUT2D eigenvalue weighted by molar-refractivity contribution is -0.189. The molecule has 0 unspecified atom stereocenters. The molecule has 3 aliphatic heterocycles. The molecule has 0 radical (unpaired) electrons. The number of rotatable bonds is 8. The number of nitrogens with one attached hydrogen (secondary N) is 1. The minimum Gasteiger partial charge on any atom is -0.508 e. The molecule has 0 aliphatic carbocycles. The topological polar surface area (TPSA) is 115 Å². The highest BCUT2D eigenvalue weighted by Crippen LogP contribution is 2.33. The predicted octanol–water partition coefficient (Wildman–Crippen LogP) is 3.29. The molecular formula is C34H37N5O6. The lowest BCUT2D eigenvalue weighted by atomic mass is 9.98. The van der Waals surface area contributed by atoms with Gasteiger partial charge >= 0.3 is 6.03 Å². The van der Waals surface area contributed by atoms with E-state index in [1.807, 2.05) is 67.6 Å². The zero-order chi connectivity index (χ0) is 31.3. The average molecular weight is 612 g/mol. The number of fused-ring (bicyclic) bond motifs is 2. The van der Waals surface area contributed by atoms with Crippen LogP contribution in [0.1, 0.15) is 23.6 Å². The Hall–Kier alpha value is -5.03. The fraction of sp³-hybridized carbons (Fsp3) is 0.324. The van der Waals surface area contributed by atoms with Crippen molar-refractivity contribution in [3.05, 3.63) is 102 Å². The number of hydrogen-bond acceptors (Lipinski definition) is 7. The summed E-state index contributed by atoms with van der Waals surface area (Å²) < 4.78 is 11.5. The maximum Gasteiger partial charge on any atom is 0.334 e. The molecule has 2 fully saturated rings. The first-order valence-electron chi connectivity index (χ1n) is 15.1. The number of carbonyl (C=O) groups excluding carboxylic acids is 3. The highest BCUT2D eigenvalue weighted by molar-refractivity contribution is 5.91. The second kappa shape index (κ2) is 13.3. The van der Waals surface area contributed by atoms with E-state index in [0.29, 0.717) is 37.8 Å². The van der Waals surface area contributed by atoms with E-state index in [1.165, 1.54) is 0 Å². The fourth-order valence-electron chi connectivity index (χ4n) is 6.04. The Balaban J connectivity index is 1.34. The zero-order valence-corrected chi connectivity index (χ0v) is 25.2. The number of hydrazine groups is 1. The van der Waals surface area contributed by atoms with Crippen LogP contribution in [0.2, 0.25) is 0 Å². The lowest BCUT2D eigenvalue weighted by Gasteiger charge is -2.55. The number of nitrogens with zero attached hydrogens (tertiary/aromatic N) is 4. The molecule has 2 N–H and O–H groups in total. The number of phenols is 1. The largest absolute Gasteiger partial charge is 0.508 e. The second-order valence-electron chi connectivity index (χ2n) is 11.3. The van der Waals surface area contributed by atoms with Gasteiger partial charge in [0.2, 0.25) is 11.8 Å². The maximum atomic E-state index is 14.2. The van der Waals surface area contributed by atoms with Crippen LogP contribution >= 0.6 is 0 Å². The molecule has 234 valence electrons. The van der Waals surface area contributed by atoms with Crippen LogP contribution in [0.5, 0.6) is 17.2 Å². The van der Waals surface area contributed by atoms with Gasteiger partial charge in [-0.1, -0.05) is 60.7 Å². The van der Waals surface area contributed by atoms with Gasteiger partial charge in [-0.15, -0.1) is 0 Å². The summed E-state index contributed by atoms with van der Waals surface area (Å²) in [5.41, 5.74) is 2.58. The summed E-state index contributed by atoms with van der Waals surface area (Å²) in [5, 5.41) is 16.2. The third-order valence-electron chi connectivity index (χ3n) is 8.22. The van der Waals surface area contributed by atoms with Gasteiger partial charge in [-0.25, -0.2) is 14.8 Å². The SMILES string of the molecule is C/C=C\CN1CC(=O)N2[C@@H](Cc3ccc(O)cc3)C(=O)N(Cc3ccc4c(c3)OCCO4)C[C@@H]2N1C(=O)NCc1ccccc1. The summed E-state index contributed by atoms with van der Waals surface area (Å²) >= 11 is 0. The summed E-state index contributed by atoms with van der Waals surface area (Å²) in [6.45, 7) is 3.80. The number of allylic oxidation sites excluding steroid dienone is 1. The van der Waals surface area contributed by atoms with Gasteiger partial charge in [-0.2, -0.15) is 0 Å². The van der Waals surface area contributed by atoms with Crippen molar-refractivity contribution in [1.82, 2.24) is 25.1 Å². The number of ether oxygens (including phenoxy) is 2. The number of carbonyl (C=O) groups is 3. The quantitative estimate of drug-likeness (QED) is 0.376. The van der Waals surface area contributed by atoms with Crippen LogP contribution in [-0.4, -0.2) is 87.8 Å². The molecule has 3 aliphatic rings. The van der Waals surface area contributed by atoms with E-state index in [0.717, 1.165) is 16.7 Å². The first-order chi connectivity index (χ1) is 21.9. The smallest absolute Gasteiger partial charge is 0.334 e. The molecule has 2 saturated heterocycles. The average Bonchev–Trinajstić information content (AvgIpc) is 3.06. The fourth-order valence-corrected chi connectivity index (χ4v) is 6.04. The minimum atomic E-state index is -0.855. The van der Waals surface area contributed by atoms with Gasteiger partial charge < -0.3 is 29.7 Å². The Bertz CT molecular complexity index is 1560. The lowest BCUT2D eigenvalue weighted by Crippen LogP contribution is -2.76. The number of amides is 4. The first kappa shape index (κ1) is 30.0. The first-order valence-corrected chi connectivity index (χ1v) is 15.1. The number of phenolic OH excluding ortho intramolecular Hbond substituents is 1. The third-order valence-corrected chi connectivity index (χ3v) is 8.22. The standard InChI is InChI=1S/C34H37N5O6/c1-2-3-15-37-23-32(41)38-28(18-24-9-12-27(40)13-10-24)33(42)36(21-26-11-14-29-30(19-26)45-17-16-44-29)22-31(38)39(37)34(43)35-20-25-7-5-4-6-8-25/h2-14,19,28,31,40H,15-18,20-23H2,1H3,(H,35,43)/b3-2-/t28-,31-/m0/s1. The Labute approximate surface area is 262 Å². The predicted molar refractivity (Wildman–Crippen MR) is 166 cm³/mol. The normalized spacial score (nSPS) is 20.0. The molecular weight excluding hydrogens is 574 g/mol. The van der Waals surface area contributed by atoms with Gasteiger partial charge in [0.05, 0.1) is 13.1 Å². The summed E-state index contributed by atoms with van der Waals surface area (Å²) in [6.07, 6.45) is 3.26. The Kier molecular flexibility index (Phi) is 8.88. The van der Waals surface area contributed by atoms with Crippen LogP contribution in [-0.2, 0) is 29.1 Å². The van der Waals surface area contributed by atoms with Crippen molar-refractivity contribution in [2.75, 3.05) is 32.8 Å². The van der Waals surface area contributed by atoms with Crippen LogP contribution in [0.3, 0.4) is 0 Å². The van der Waals surface area contributed by atoms with Crippen molar-refractivity contribution in [2.45, 2.75) is 38.6 Å². The second-order valence-corrected chi connectivity index (χ2v) is 11.3. The summed E-state index contributed by atoms with van der Waals surface area (Å²) in [6, 6.07) is 20.6. The molecule has 3 aromatic carbocycles. The molecule has 4 amide bonds. The molecule has 0 aromatic heterocycles. The van der Waals surface area contributed by atoms with E-state index in [1.54, 1.807) is 44.1 Å². The number of benzene rings is 3. The Morgan fingerprint density at radius 3 is 2.44 bits per heavy atom. The van der Waals surface area contributed by atoms with Gasteiger partial charge in [-0.05, 0) is 47.9 Å². The number of aromatic hydroxyl groups is 1. The molecule has 0 bridgehead atoms. The number of piperazine rings is 1. The van der Waals surface area contributed by atoms with Crippen molar-refractivity contribution in [3.63, 3.8) is 0 Å². The van der Waals surface area contributed by atoms with Gasteiger partial charge in [0.25, 0.3) is 0 Å². The van der Waals surface area contributed by atoms with E-state index in [-0.39, 0.29) is 49.7 Å². The van der Waals surface area contributed by atoms with Crippen molar-refractivity contribution in [1.29, 1.82) is 0 Å². The molecule has 3 heterocycles.